The molecule has 2 N–H and O–H groups in total. The fourth-order valence-electron chi connectivity index (χ4n) is 1.98. The van der Waals surface area contributed by atoms with Gasteiger partial charge in [0.05, 0.1) is 5.92 Å². The summed E-state index contributed by atoms with van der Waals surface area (Å²) in [6.45, 7) is 2.02. The van der Waals surface area contributed by atoms with Gasteiger partial charge in [-0.1, -0.05) is 29.8 Å². The summed E-state index contributed by atoms with van der Waals surface area (Å²) in [5, 5.41) is 0. The van der Waals surface area contributed by atoms with Gasteiger partial charge in [0.1, 0.15) is 0 Å². The zero-order valence-corrected chi connectivity index (χ0v) is 12.2. The van der Waals surface area contributed by atoms with Gasteiger partial charge in [-0.2, -0.15) is 0 Å². The van der Waals surface area contributed by atoms with Crippen LogP contribution in [0.2, 0.25) is 0 Å². The number of aryl methyl sites for hydroxylation is 1. The maximum atomic E-state index is 11.7. The first-order valence-corrected chi connectivity index (χ1v) is 6.81. The van der Waals surface area contributed by atoms with Gasteiger partial charge in [0.15, 0.2) is 0 Å². The largest absolute Gasteiger partial charge is 0.369 e. The monoisotopic (exact) mass is 318 g/mol. The van der Waals surface area contributed by atoms with E-state index in [2.05, 4.69) is 20.9 Å². The highest BCUT2D eigenvalue weighted by Crippen LogP contribution is 2.22. The number of nitrogens with zero attached hydrogens (tertiary/aromatic N) is 1. The number of primary amides is 1. The Bertz CT molecular complexity index is 581. The molecule has 0 radical (unpaired) electrons. The number of hydrogen-bond donors (Lipinski definition) is 1. The molecule has 1 amide bonds. The van der Waals surface area contributed by atoms with E-state index in [1.165, 1.54) is 0 Å². The molecule has 1 atom stereocenters. The molecule has 2 rings (SSSR count). The van der Waals surface area contributed by atoms with Crippen LogP contribution in [0.4, 0.5) is 0 Å². The van der Waals surface area contributed by atoms with Crippen LogP contribution in [-0.4, -0.2) is 10.9 Å². The summed E-state index contributed by atoms with van der Waals surface area (Å²) in [4.78, 5) is 15.8. The molecule has 0 aliphatic carbocycles. The van der Waals surface area contributed by atoms with E-state index < -0.39 is 0 Å². The van der Waals surface area contributed by atoms with Crippen LogP contribution in [0.25, 0.3) is 0 Å². The van der Waals surface area contributed by atoms with Crippen LogP contribution < -0.4 is 5.73 Å². The topological polar surface area (TPSA) is 56.0 Å². The third-order valence-corrected chi connectivity index (χ3v) is 3.46. The van der Waals surface area contributed by atoms with E-state index in [9.17, 15) is 4.79 Å². The van der Waals surface area contributed by atoms with E-state index in [0.29, 0.717) is 6.42 Å². The lowest BCUT2D eigenvalue weighted by atomic mass is 9.91. The van der Waals surface area contributed by atoms with Gasteiger partial charge < -0.3 is 5.73 Å². The minimum Gasteiger partial charge on any atom is -0.369 e. The van der Waals surface area contributed by atoms with Gasteiger partial charge in [-0.05, 0) is 46.5 Å². The molecular weight excluding hydrogens is 304 g/mol. The highest BCUT2D eigenvalue weighted by molar-refractivity contribution is 9.10. The maximum absolute atomic E-state index is 11.7. The Hall–Kier alpha value is -1.68. The van der Waals surface area contributed by atoms with Crippen LogP contribution in [0, 0.1) is 6.92 Å². The Morgan fingerprint density at radius 3 is 2.58 bits per heavy atom. The average Bonchev–Trinajstić information content (AvgIpc) is 2.37. The lowest BCUT2D eigenvalue weighted by molar-refractivity contribution is -0.119. The van der Waals surface area contributed by atoms with Crippen molar-refractivity contribution in [3.05, 3.63) is 63.9 Å². The Morgan fingerprint density at radius 1 is 1.32 bits per heavy atom. The average molecular weight is 319 g/mol. The summed E-state index contributed by atoms with van der Waals surface area (Å²) in [7, 11) is 0. The zero-order valence-electron chi connectivity index (χ0n) is 10.6. The molecule has 19 heavy (non-hydrogen) atoms. The van der Waals surface area contributed by atoms with Crippen LogP contribution in [0.1, 0.15) is 22.6 Å². The summed E-state index contributed by atoms with van der Waals surface area (Å²) < 4.78 is 0.900. The van der Waals surface area contributed by atoms with Crippen molar-refractivity contribution in [1.82, 2.24) is 4.98 Å². The standard InChI is InChI=1S/C15H15BrN2O/c1-10-2-4-12(5-3-10)14(15(17)19)7-11-6-13(16)9-18-8-11/h2-6,8-9,14H,7H2,1H3,(H2,17,19). The van der Waals surface area contributed by atoms with E-state index in [-0.39, 0.29) is 11.8 Å². The van der Waals surface area contributed by atoms with Crippen molar-refractivity contribution < 1.29 is 4.79 Å². The molecular formula is C15H15BrN2O. The molecule has 0 fully saturated rings. The molecule has 0 aliphatic rings. The van der Waals surface area contributed by atoms with Gasteiger partial charge >= 0.3 is 0 Å². The van der Waals surface area contributed by atoms with Gasteiger partial charge in [-0.3, -0.25) is 9.78 Å². The van der Waals surface area contributed by atoms with Gasteiger partial charge in [0, 0.05) is 16.9 Å². The lowest BCUT2D eigenvalue weighted by Gasteiger charge is -2.14. The minimum atomic E-state index is -0.323. The molecule has 2 aromatic rings. The van der Waals surface area contributed by atoms with Crippen molar-refractivity contribution in [1.29, 1.82) is 0 Å². The van der Waals surface area contributed by atoms with Gasteiger partial charge in [-0.15, -0.1) is 0 Å². The molecule has 1 aromatic heterocycles. The van der Waals surface area contributed by atoms with E-state index in [1.807, 2.05) is 37.3 Å². The quantitative estimate of drug-likeness (QED) is 0.942. The Balaban J connectivity index is 2.26. The second-order valence-corrected chi connectivity index (χ2v) is 5.50. The third kappa shape index (κ3) is 3.64. The van der Waals surface area contributed by atoms with Gasteiger partial charge in [0.25, 0.3) is 0 Å². The van der Waals surface area contributed by atoms with Crippen molar-refractivity contribution >= 4 is 21.8 Å². The molecule has 0 spiro atoms. The predicted octanol–water partition coefficient (Wildman–Crippen LogP) is 2.96. The van der Waals surface area contributed by atoms with Crippen LogP contribution in [0.3, 0.4) is 0 Å². The maximum Gasteiger partial charge on any atom is 0.225 e. The second-order valence-electron chi connectivity index (χ2n) is 4.58. The molecule has 1 heterocycles. The summed E-state index contributed by atoms with van der Waals surface area (Å²) in [6.07, 6.45) is 4.04. The highest BCUT2D eigenvalue weighted by atomic mass is 79.9. The number of aromatic nitrogens is 1. The fourth-order valence-corrected chi connectivity index (χ4v) is 2.40. The van der Waals surface area contributed by atoms with Crippen molar-refractivity contribution in [3.8, 4) is 0 Å². The SMILES string of the molecule is Cc1ccc(C(Cc2cncc(Br)c2)C(N)=O)cc1. The second kappa shape index (κ2) is 5.97. The third-order valence-electron chi connectivity index (χ3n) is 3.02. The number of hydrogen-bond acceptors (Lipinski definition) is 2. The first kappa shape index (κ1) is 13.7. The summed E-state index contributed by atoms with van der Waals surface area (Å²) >= 11 is 3.38. The first-order chi connectivity index (χ1) is 9.06. The molecule has 1 unspecified atom stereocenters. The Morgan fingerprint density at radius 2 is 2.00 bits per heavy atom. The van der Waals surface area contributed by atoms with Crippen LogP contribution in [-0.2, 0) is 11.2 Å². The number of carbonyl (C=O) groups is 1. The predicted molar refractivity (Wildman–Crippen MR) is 78.8 cm³/mol. The van der Waals surface area contributed by atoms with E-state index in [1.54, 1.807) is 12.4 Å². The number of pyridine rings is 1. The molecule has 98 valence electrons. The fraction of sp³-hybridized carbons (Fsp3) is 0.200. The number of amides is 1. The first-order valence-electron chi connectivity index (χ1n) is 6.01. The minimum absolute atomic E-state index is 0.316. The van der Waals surface area contributed by atoms with E-state index in [4.69, 9.17) is 5.73 Å². The van der Waals surface area contributed by atoms with Crippen molar-refractivity contribution in [3.63, 3.8) is 0 Å². The molecule has 3 nitrogen and oxygen atoms in total. The van der Waals surface area contributed by atoms with Crippen molar-refractivity contribution in [2.75, 3.05) is 0 Å². The Kier molecular flexibility index (Phi) is 4.32. The van der Waals surface area contributed by atoms with Crippen LogP contribution >= 0.6 is 15.9 Å². The Labute approximate surface area is 121 Å². The number of rotatable bonds is 4. The summed E-state index contributed by atoms with van der Waals surface area (Å²) in [5.41, 5.74) is 8.61. The number of carbonyl (C=O) groups excluding carboxylic acids is 1. The highest BCUT2D eigenvalue weighted by Gasteiger charge is 2.18. The smallest absolute Gasteiger partial charge is 0.225 e. The molecule has 1 aromatic carbocycles. The summed E-state index contributed by atoms with van der Waals surface area (Å²) in [5.74, 6) is -0.638. The van der Waals surface area contributed by atoms with Gasteiger partial charge in [-0.25, -0.2) is 0 Å². The van der Waals surface area contributed by atoms with E-state index in [0.717, 1.165) is 21.2 Å². The van der Waals surface area contributed by atoms with Crippen LogP contribution in [0.5, 0.6) is 0 Å². The van der Waals surface area contributed by atoms with Crippen molar-refractivity contribution in [2.45, 2.75) is 19.3 Å². The van der Waals surface area contributed by atoms with Gasteiger partial charge in [0.2, 0.25) is 5.91 Å². The number of nitrogens with two attached hydrogens (primary N) is 1. The molecule has 0 aliphatic heterocycles. The van der Waals surface area contributed by atoms with Crippen molar-refractivity contribution in [2.24, 2.45) is 5.73 Å². The molecule has 0 bridgehead atoms. The normalized spacial score (nSPS) is 12.1. The molecule has 0 saturated heterocycles. The molecule has 0 saturated carbocycles. The number of benzene rings is 1. The van der Waals surface area contributed by atoms with Crippen LogP contribution in [0.15, 0.2) is 47.2 Å². The number of halogens is 1. The molecule has 4 heteroatoms. The summed E-state index contributed by atoms with van der Waals surface area (Å²) in [6, 6.07) is 9.85. The van der Waals surface area contributed by atoms with E-state index >= 15 is 0 Å². The zero-order chi connectivity index (χ0) is 13.8. The lowest BCUT2D eigenvalue weighted by Crippen LogP contribution is -2.23.